The molecule has 54 valence electrons. The molecule has 0 aliphatic heterocycles. The number of rotatable bonds is 2. The van der Waals surface area contributed by atoms with Gasteiger partial charge in [-0.25, -0.2) is 9.97 Å². The van der Waals surface area contributed by atoms with Crippen LogP contribution < -0.4 is 0 Å². The monoisotopic (exact) mass is 218 g/mol. The third-order valence-corrected chi connectivity index (χ3v) is 2.14. The lowest BCUT2D eigenvalue weighted by Crippen LogP contribution is -1.82. The summed E-state index contributed by atoms with van der Waals surface area (Å²) in [7, 11) is 0. The van der Waals surface area contributed by atoms with E-state index in [-0.39, 0.29) is 0 Å². The molecule has 0 N–H and O–H groups in total. The van der Waals surface area contributed by atoms with Gasteiger partial charge in [0.25, 0.3) is 0 Å². The lowest BCUT2D eigenvalue weighted by atomic mass is 10.7. The van der Waals surface area contributed by atoms with Crippen molar-refractivity contribution < 1.29 is 0 Å². The molecule has 0 aromatic carbocycles. The van der Waals surface area contributed by atoms with Crippen molar-refractivity contribution in [3.8, 4) is 0 Å². The van der Waals surface area contributed by atoms with E-state index in [1.165, 1.54) is 0 Å². The summed E-state index contributed by atoms with van der Waals surface area (Å²) >= 11 is 4.98. The fourth-order valence-electron chi connectivity index (χ4n) is 0.544. The predicted octanol–water partition coefficient (Wildman–Crippen LogP) is 2.35. The smallest absolute Gasteiger partial charge is 0.118 e. The Labute approximate surface area is 72.6 Å². The van der Waals surface area contributed by atoms with Crippen LogP contribution in [-0.4, -0.2) is 15.7 Å². The summed E-state index contributed by atoms with van der Waals surface area (Å²) in [6.07, 6.45) is 1.56. The van der Waals surface area contributed by atoms with Crippen molar-refractivity contribution in [3.63, 3.8) is 0 Å². The summed E-state index contributed by atoms with van der Waals surface area (Å²) in [5, 5.41) is 1.02. The van der Waals surface area contributed by atoms with Crippen LogP contribution in [0.15, 0.2) is 22.0 Å². The second-order valence-electron chi connectivity index (χ2n) is 1.61. The maximum atomic E-state index is 4.05. The largest absolute Gasteiger partial charge is 0.230 e. The molecule has 0 aliphatic carbocycles. The molecule has 1 aromatic heterocycles. The number of hydrogen-bond acceptors (Lipinski definition) is 3. The molecular formula is C6H7BrN2S. The number of halogens is 1. The predicted molar refractivity (Wildman–Crippen MR) is 46.1 cm³/mol. The fourth-order valence-corrected chi connectivity index (χ4v) is 1.62. The van der Waals surface area contributed by atoms with Gasteiger partial charge in [0.1, 0.15) is 16.0 Å². The molecule has 0 unspecified atom stereocenters. The van der Waals surface area contributed by atoms with Gasteiger partial charge in [-0.2, -0.15) is 0 Å². The lowest BCUT2D eigenvalue weighted by molar-refractivity contribution is 1.03. The standard InChI is InChI=1S/C6H7BrN2S/c1-2-10-6-3-5(7)8-4-9-6/h3-4H,2H2,1H3. The molecule has 0 saturated carbocycles. The average molecular weight is 219 g/mol. The quantitative estimate of drug-likeness (QED) is 0.564. The van der Waals surface area contributed by atoms with Crippen LogP contribution in [0, 0.1) is 0 Å². The van der Waals surface area contributed by atoms with Crippen LogP contribution in [-0.2, 0) is 0 Å². The summed E-state index contributed by atoms with van der Waals surface area (Å²) in [6, 6.07) is 1.91. The van der Waals surface area contributed by atoms with E-state index in [0.29, 0.717) is 0 Å². The van der Waals surface area contributed by atoms with Crippen LogP contribution in [0.2, 0.25) is 0 Å². The van der Waals surface area contributed by atoms with Crippen LogP contribution in [0.4, 0.5) is 0 Å². The highest BCUT2D eigenvalue weighted by Gasteiger charge is 1.93. The number of hydrogen-bond donors (Lipinski definition) is 0. The zero-order valence-electron chi connectivity index (χ0n) is 5.54. The Morgan fingerprint density at radius 3 is 3.00 bits per heavy atom. The number of aromatic nitrogens is 2. The summed E-state index contributed by atoms with van der Waals surface area (Å²) in [4.78, 5) is 7.97. The van der Waals surface area contributed by atoms with Gasteiger partial charge in [0.05, 0.1) is 0 Å². The lowest BCUT2D eigenvalue weighted by Gasteiger charge is -1.94. The van der Waals surface area contributed by atoms with Gasteiger partial charge in [0.15, 0.2) is 0 Å². The molecule has 0 radical (unpaired) electrons. The van der Waals surface area contributed by atoms with E-state index in [1.54, 1.807) is 18.1 Å². The van der Waals surface area contributed by atoms with Crippen molar-refractivity contribution >= 4 is 27.7 Å². The van der Waals surface area contributed by atoms with Crippen molar-refractivity contribution in [2.75, 3.05) is 5.75 Å². The van der Waals surface area contributed by atoms with Crippen LogP contribution >= 0.6 is 27.7 Å². The van der Waals surface area contributed by atoms with Gasteiger partial charge in [-0.05, 0) is 21.7 Å². The molecule has 1 rings (SSSR count). The summed E-state index contributed by atoms with van der Waals surface area (Å²) in [5.41, 5.74) is 0. The van der Waals surface area contributed by atoms with E-state index in [1.807, 2.05) is 6.07 Å². The van der Waals surface area contributed by atoms with Crippen molar-refractivity contribution in [1.29, 1.82) is 0 Å². The minimum absolute atomic E-state index is 0.846. The highest BCUT2D eigenvalue weighted by Crippen LogP contribution is 2.16. The molecule has 0 atom stereocenters. The summed E-state index contributed by atoms with van der Waals surface area (Å²) < 4.78 is 0.846. The first-order chi connectivity index (χ1) is 4.83. The molecule has 0 aliphatic rings. The highest BCUT2D eigenvalue weighted by molar-refractivity contribution is 9.10. The van der Waals surface area contributed by atoms with E-state index in [0.717, 1.165) is 15.4 Å². The molecule has 0 saturated heterocycles. The molecule has 2 nitrogen and oxygen atoms in total. The first-order valence-electron chi connectivity index (χ1n) is 2.93. The minimum atomic E-state index is 0.846. The molecule has 0 spiro atoms. The van der Waals surface area contributed by atoms with Crippen LogP contribution in [0.5, 0.6) is 0 Å². The minimum Gasteiger partial charge on any atom is -0.230 e. The molecule has 1 heterocycles. The Morgan fingerprint density at radius 1 is 1.60 bits per heavy atom. The van der Waals surface area contributed by atoms with Crippen molar-refractivity contribution in [1.82, 2.24) is 9.97 Å². The van der Waals surface area contributed by atoms with Gasteiger partial charge < -0.3 is 0 Å². The first-order valence-corrected chi connectivity index (χ1v) is 4.71. The second-order valence-corrected chi connectivity index (χ2v) is 3.71. The fraction of sp³-hybridized carbons (Fsp3) is 0.333. The Morgan fingerprint density at radius 2 is 2.40 bits per heavy atom. The van der Waals surface area contributed by atoms with Crippen molar-refractivity contribution in [2.24, 2.45) is 0 Å². The topological polar surface area (TPSA) is 25.8 Å². The number of thioether (sulfide) groups is 1. The Kier molecular flexibility index (Phi) is 3.15. The van der Waals surface area contributed by atoms with E-state index in [4.69, 9.17) is 0 Å². The van der Waals surface area contributed by atoms with E-state index in [9.17, 15) is 0 Å². The highest BCUT2D eigenvalue weighted by atomic mass is 79.9. The number of nitrogens with zero attached hydrogens (tertiary/aromatic N) is 2. The van der Waals surface area contributed by atoms with E-state index >= 15 is 0 Å². The maximum Gasteiger partial charge on any atom is 0.118 e. The molecular weight excluding hydrogens is 212 g/mol. The average Bonchev–Trinajstić information content (AvgIpc) is 1.88. The molecule has 4 heteroatoms. The van der Waals surface area contributed by atoms with Gasteiger partial charge in [0.2, 0.25) is 0 Å². The van der Waals surface area contributed by atoms with Crippen molar-refractivity contribution in [2.45, 2.75) is 11.9 Å². The molecule has 0 bridgehead atoms. The molecule has 1 aromatic rings. The summed E-state index contributed by atoms with van der Waals surface area (Å²) in [6.45, 7) is 2.10. The maximum absolute atomic E-state index is 4.05. The van der Waals surface area contributed by atoms with Gasteiger partial charge >= 0.3 is 0 Å². The molecule has 0 fully saturated rings. The van der Waals surface area contributed by atoms with Crippen LogP contribution in [0.25, 0.3) is 0 Å². The van der Waals surface area contributed by atoms with Gasteiger partial charge in [0, 0.05) is 6.07 Å². The Hall–Kier alpha value is -0.0900. The third-order valence-electron chi connectivity index (χ3n) is 0.901. The Balaban J connectivity index is 2.75. The molecule has 10 heavy (non-hydrogen) atoms. The van der Waals surface area contributed by atoms with Gasteiger partial charge in [-0.3, -0.25) is 0 Å². The van der Waals surface area contributed by atoms with E-state index in [2.05, 4.69) is 32.8 Å². The SMILES string of the molecule is CCSc1cc(Br)ncn1. The Bertz CT molecular complexity index is 217. The van der Waals surface area contributed by atoms with Gasteiger partial charge in [-0.15, -0.1) is 11.8 Å². The van der Waals surface area contributed by atoms with Crippen LogP contribution in [0.1, 0.15) is 6.92 Å². The normalized spacial score (nSPS) is 9.80. The van der Waals surface area contributed by atoms with Gasteiger partial charge in [-0.1, -0.05) is 6.92 Å². The second kappa shape index (κ2) is 3.93. The van der Waals surface area contributed by atoms with Crippen molar-refractivity contribution in [3.05, 3.63) is 17.0 Å². The molecule has 0 amide bonds. The summed E-state index contributed by atoms with van der Waals surface area (Å²) in [5.74, 6) is 1.05. The third kappa shape index (κ3) is 2.27. The van der Waals surface area contributed by atoms with Crippen LogP contribution in [0.3, 0.4) is 0 Å². The zero-order chi connectivity index (χ0) is 7.40. The zero-order valence-corrected chi connectivity index (χ0v) is 7.94. The van der Waals surface area contributed by atoms with E-state index < -0.39 is 0 Å². The first kappa shape index (κ1) is 8.01.